The van der Waals surface area contributed by atoms with E-state index in [1.807, 2.05) is 20.8 Å². The summed E-state index contributed by atoms with van der Waals surface area (Å²) in [6, 6.07) is -0.432. The summed E-state index contributed by atoms with van der Waals surface area (Å²) in [7, 11) is 0. The molecule has 100 valence electrons. The Labute approximate surface area is 103 Å². The van der Waals surface area contributed by atoms with Crippen molar-refractivity contribution in [3.8, 4) is 0 Å². The monoisotopic (exact) mass is 244 g/mol. The third kappa shape index (κ3) is 6.81. The van der Waals surface area contributed by atoms with Crippen molar-refractivity contribution < 1.29 is 14.7 Å². The third-order valence-electron chi connectivity index (χ3n) is 2.52. The molecule has 0 aromatic carbocycles. The summed E-state index contributed by atoms with van der Waals surface area (Å²) >= 11 is 0. The number of nitrogens with zero attached hydrogens (tertiary/aromatic N) is 1. The third-order valence-corrected chi connectivity index (χ3v) is 2.52. The number of rotatable bonds is 8. The first-order valence-corrected chi connectivity index (χ1v) is 6.32. The molecule has 0 heterocycles. The predicted octanol–water partition coefficient (Wildman–Crippen LogP) is 2.07. The largest absolute Gasteiger partial charge is 0.481 e. The van der Waals surface area contributed by atoms with Gasteiger partial charge in [0, 0.05) is 19.1 Å². The van der Waals surface area contributed by atoms with Crippen molar-refractivity contribution in [2.75, 3.05) is 13.1 Å². The van der Waals surface area contributed by atoms with E-state index in [0.29, 0.717) is 19.5 Å². The molecular formula is C12H24N2O3. The van der Waals surface area contributed by atoms with Crippen LogP contribution in [0.4, 0.5) is 4.79 Å². The molecule has 0 aliphatic heterocycles. The Bertz CT molecular complexity index is 238. The zero-order chi connectivity index (χ0) is 13.3. The van der Waals surface area contributed by atoms with Gasteiger partial charge in [0.1, 0.15) is 0 Å². The van der Waals surface area contributed by atoms with E-state index >= 15 is 0 Å². The van der Waals surface area contributed by atoms with Gasteiger partial charge < -0.3 is 15.3 Å². The lowest BCUT2D eigenvalue weighted by atomic mass is 10.1. The summed E-state index contributed by atoms with van der Waals surface area (Å²) in [6.07, 6.45) is 2.42. The van der Waals surface area contributed by atoms with Crippen LogP contribution in [0.15, 0.2) is 0 Å². The second-order valence-electron chi connectivity index (χ2n) is 4.14. The average molecular weight is 244 g/mol. The maximum atomic E-state index is 11.9. The van der Waals surface area contributed by atoms with Gasteiger partial charge in [0.2, 0.25) is 0 Å². The minimum Gasteiger partial charge on any atom is -0.481 e. The molecule has 0 aromatic heterocycles. The minimum absolute atomic E-state index is 0.0195. The van der Waals surface area contributed by atoms with E-state index in [-0.39, 0.29) is 18.5 Å². The first kappa shape index (κ1) is 15.7. The van der Waals surface area contributed by atoms with Gasteiger partial charge in [-0.2, -0.15) is 0 Å². The van der Waals surface area contributed by atoms with Gasteiger partial charge in [-0.05, 0) is 19.3 Å². The Balaban J connectivity index is 4.29. The van der Waals surface area contributed by atoms with E-state index < -0.39 is 5.97 Å². The molecule has 17 heavy (non-hydrogen) atoms. The van der Waals surface area contributed by atoms with Gasteiger partial charge >= 0.3 is 12.0 Å². The number of urea groups is 1. The number of nitrogens with one attached hydrogen (secondary N) is 1. The Morgan fingerprint density at radius 1 is 1.18 bits per heavy atom. The van der Waals surface area contributed by atoms with E-state index in [9.17, 15) is 9.59 Å². The van der Waals surface area contributed by atoms with Gasteiger partial charge in [-0.3, -0.25) is 4.79 Å². The molecule has 1 unspecified atom stereocenters. The highest BCUT2D eigenvalue weighted by Gasteiger charge is 2.17. The van der Waals surface area contributed by atoms with Crippen LogP contribution in [0.25, 0.3) is 0 Å². The number of carboxylic acid groups (broad SMARTS) is 1. The van der Waals surface area contributed by atoms with Crippen molar-refractivity contribution in [1.29, 1.82) is 0 Å². The molecule has 0 rings (SSSR count). The lowest BCUT2D eigenvalue weighted by molar-refractivity contribution is -0.137. The van der Waals surface area contributed by atoms with Gasteiger partial charge in [0.05, 0.1) is 6.42 Å². The van der Waals surface area contributed by atoms with Gasteiger partial charge in [-0.25, -0.2) is 4.79 Å². The molecule has 0 aliphatic carbocycles. The summed E-state index contributed by atoms with van der Waals surface area (Å²) in [4.78, 5) is 24.2. The van der Waals surface area contributed by atoms with Crippen LogP contribution in [-0.4, -0.2) is 41.1 Å². The predicted molar refractivity (Wildman–Crippen MR) is 67.0 cm³/mol. The Hall–Kier alpha value is -1.26. The van der Waals surface area contributed by atoms with Crippen molar-refractivity contribution in [2.24, 2.45) is 0 Å². The second kappa shape index (κ2) is 8.84. The standard InChI is InChI=1S/C12H24N2O3/c1-4-7-14(8-5-2)12(17)13-10(6-3)9-11(15)16/h10H,4-9H2,1-3H3,(H,13,17)(H,15,16). The van der Waals surface area contributed by atoms with Crippen molar-refractivity contribution in [1.82, 2.24) is 10.2 Å². The number of aliphatic carboxylic acids is 1. The molecule has 0 saturated carbocycles. The summed E-state index contributed by atoms with van der Waals surface area (Å²) in [5.74, 6) is -0.880. The van der Waals surface area contributed by atoms with Crippen LogP contribution >= 0.6 is 0 Å². The van der Waals surface area contributed by atoms with Gasteiger partial charge in [0.15, 0.2) is 0 Å². The first-order chi connectivity index (χ1) is 8.04. The fourth-order valence-electron chi connectivity index (χ4n) is 1.63. The maximum Gasteiger partial charge on any atom is 0.317 e. The lowest BCUT2D eigenvalue weighted by Gasteiger charge is -2.25. The van der Waals surface area contributed by atoms with Crippen molar-refractivity contribution >= 4 is 12.0 Å². The number of carbonyl (C=O) groups is 2. The molecule has 2 amide bonds. The fraction of sp³-hybridized carbons (Fsp3) is 0.833. The maximum absolute atomic E-state index is 11.9. The lowest BCUT2D eigenvalue weighted by Crippen LogP contribution is -2.45. The molecule has 0 spiro atoms. The van der Waals surface area contributed by atoms with E-state index in [1.54, 1.807) is 4.90 Å². The number of hydrogen-bond acceptors (Lipinski definition) is 2. The zero-order valence-electron chi connectivity index (χ0n) is 11.0. The second-order valence-corrected chi connectivity index (χ2v) is 4.14. The number of carbonyl (C=O) groups excluding carboxylic acids is 1. The minimum atomic E-state index is -0.880. The van der Waals surface area contributed by atoms with Crippen molar-refractivity contribution in [2.45, 2.75) is 52.5 Å². The highest BCUT2D eigenvalue weighted by Crippen LogP contribution is 2.01. The van der Waals surface area contributed by atoms with Crippen LogP contribution in [0.3, 0.4) is 0 Å². The Morgan fingerprint density at radius 2 is 1.71 bits per heavy atom. The molecule has 1 atom stereocenters. The van der Waals surface area contributed by atoms with Crippen LogP contribution in [0.5, 0.6) is 0 Å². The molecular weight excluding hydrogens is 220 g/mol. The number of hydrogen-bond donors (Lipinski definition) is 2. The van der Waals surface area contributed by atoms with E-state index in [4.69, 9.17) is 5.11 Å². The first-order valence-electron chi connectivity index (χ1n) is 6.32. The number of carboxylic acids is 1. The van der Waals surface area contributed by atoms with Gasteiger partial charge in [-0.15, -0.1) is 0 Å². The van der Waals surface area contributed by atoms with Crippen molar-refractivity contribution in [3.05, 3.63) is 0 Å². The Morgan fingerprint density at radius 3 is 2.06 bits per heavy atom. The van der Waals surface area contributed by atoms with Crippen LogP contribution in [0.1, 0.15) is 46.5 Å². The van der Waals surface area contributed by atoms with Crippen LogP contribution < -0.4 is 5.32 Å². The SMILES string of the molecule is CCCN(CCC)C(=O)NC(CC)CC(=O)O. The van der Waals surface area contributed by atoms with Gasteiger partial charge in [0.25, 0.3) is 0 Å². The summed E-state index contributed by atoms with van der Waals surface area (Å²) in [5, 5.41) is 11.5. The molecule has 5 nitrogen and oxygen atoms in total. The summed E-state index contributed by atoms with van der Waals surface area (Å²) < 4.78 is 0. The van der Waals surface area contributed by atoms with Crippen LogP contribution in [0.2, 0.25) is 0 Å². The topological polar surface area (TPSA) is 69.6 Å². The average Bonchev–Trinajstić information content (AvgIpc) is 2.27. The van der Waals surface area contributed by atoms with E-state index in [2.05, 4.69) is 5.32 Å². The molecule has 5 heteroatoms. The van der Waals surface area contributed by atoms with E-state index in [1.165, 1.54) is 0 Å². The van der Waals surface area contributed by atoms with Crippen molar-refractivity contribution in [3.63, 3.8) is 0 Å². The molecule has 0 aromatic rings. The fourth-order valence-corrected chi connectivity index (χ4v) is 1.63. The molecule has 0 bridgehead atoms. The normalized spacial score (nSPS) is 11.9. The van der Waals surface area contributed by atoms with Crippen LogP contribution in [-0.2, 0) is 4.79 Å². The molecule has 0 saturated heterocycles. The van der Waals surface area contributed by atoms with Crippen LogP contribution in [0, 0.1) is 0 Å². The molecule has 2 N–H and O–H groups in total. The smallest absolute Gasteiger partial charge is 0.317 e. The molecule has 0 radical (unpaired) electrons. The number of amides is 2. The Kier molecular flexibility index (Phi) is 8.19. The molecule has 0 aliphatic rings. The molecule has 0 fully saturated rings. The highest BCUT2D eigenvalue weighted by atomic mass is 16.4. The highest BCUT2D eigenvalue weighted by molar-refractivity contribution is 5.75. The van der Waals surface area contributed by atoms with Gasteiger partial charge in [-0.1, -0.05) is 20.8 Å². The quantitative estimate of drug-likeness (QED) is 0.686. The van der Waals surface area contributed by atoms with E-state index in [0.717, 1.165) is 12.8 Å². The summed E-state index contributed by atoms with van der Waals surface area (Å²) in [5.41, 5.74) is 0. The zero-order valence-corrected chi connectivity index (χ0v) is 11.0. The summed E-state index contributed by atoms with van der Waals surface area (Å²) in [6.45, 7) is 7.33.